The average Bonchev–Trinajstić information content (AvgIpc) is 2.94. The van der Waals surface area contributed by atoms with E-state index in [-0.39, 0.29) is 11.9 Å². The number of carbonyl (C=O) groups excluding carboxylic acids is 1. The summed E-state index contributed by atoms with van der Waals surface area (Å²) in [4.78, 5) is 19.8. The number of hydrogen-bond donors (Lipinski definition) is 2. The third-order valence-electron chi connectivity index (χ3n) is 3.60. The molecule has 20 heavy (non-hydrogen) atoms. The Labute approximate surface area is 124 Å². The molecule has 0 radical (unpaired) electrons. The lowest BCUT2D eigenvalue weighted by Crippen LogP contribution is -2.55. The van der Waals surface area contributed by atoms with Crippen molar-refractivity contribution in [3.63, 3.8) is 0 Å². The molecule has 2 rings (SSSR count). The molecule has 2 unspecified atom stereocenters. The van der Waals surface area contributed by atoms with Crippen molar-refractivity contribution in [2.75, 3.05) is 24.5 Å². The van der Waals surface area contributed by atoms with Crippen LogP contribution < -0.4 is 15.5 Å². The summed E-state index contributed by atoms with van der Waals surface area (Å²) in [6.07, 6.45) is 3.87. The average molecular weight is 296 g/mol. The maximum Gasteiger partial charge on any atom is 0.242 e. The third kappa shape index (κ3) is 3.30. The zero-order valence-electron chi connectivity index (χ0n) is 12.5. The van der Waals surface area contributed by atoms with Crippen LogP contribution in [0.4, 0.5) is 5.13 Å². The minimum atomic E-state index is -0.0818. The molecule has 1 aromatic heterocycles. The number of hydrogen-bond acceptors (Lipinski definition) is 5. The third-order valence-corrected chi connectivity index (χ3v) is 4.82. The summed E-state index contributed by atoms with van der Waals surface area (Å²) >= 11 is 1.69. The van der Waals surface area contributed by atoms with Crippen molar-refractivity contribution in [3.8, 4) is 0 Å². The summed E-state index contributed by atoms with van der Waals surface area (Å²) in [5, 5.41) is 7.36. The van der Waals surface area contributed by atoms with Crippen molar-refractivity contribution in [1.82, 2.24) is 15.6 Å². The fourth-order valence-electron chi connectivity index (χ4n) is 2.42. The predicted molar refractivity (Wildman–Crippen MR) is 83.3 cm³/mol. The smallest absolute Gasteiger partial charge is 0.242 e. The Balaban J connectivity index is 2.09. The highest BCUT2D eigenvalue weighted by molar-refractivity contribution is 7.15. The first-order chi connectivity index (χ1) is 9.67. The number of aromatic nitrogens is 1. The Morgan fingerprint density at radius 2 is 2.40 bits per heavy atom. The van der Waals surface area contributed by atoms with E-state index in [1.165, 1.54) is 4.88 Å². The van der Waals surface area contributed by atoms with Gasteiger partial charge in [0.25, 0.3) is 0 Å². The quantitative estimate of drug-likeness (QED) is 0.842. The zero-order valence-corrected chi connectivity index (χ0v) is 13.3. The molecule has 112 valence electrons. The number of amides is 1. The summed E-state index contributed by atoms with van der Waals surface area (Å²) in [6.45, 7) is 8.92. The van der Waals surface area contributed by atoms with Crippen molar-refractivity contribution in [2.45, 2.75) is 45.7 Å². The van der Waals surface area contributed by atoms with Gasteiger partial charge in [0.05, 0.1) is 0 Å². The van der Waals surface area contributed by atoms with Crippen molar-refractivity contribution < 1.29 is 4.79 Å². The highest BCUT2D eigenvalue weighted by atomic mass is 32.1. The van der Waals surface area contributed by atoms with Crippen molar-refractivity contribution in [3.05, 3.63) is 11.1 Å². The lowest BCUT2D eigenvalue weighted by Gasteiger charge is -2.34. The van der Waals surface area contributed by atoms with Crippen LogP contribution in [-0.2, 0) is 4.79 Å². The van der Waals surface area contributed by atoms with Crippen LogP contribution in [0.3, 0.4) is 0 Å². The molecule has 2 heterocycles. The van der Waals surface area contributed by atoms with Gasteiger partial charge in [-0.3, -0.25) is 4.79 Å². The van der Waals surface area contributed by atoms with Crippen LogP contribution in [0, 0.1) is 0 Å². The maximum atomic E-state index is 11.9. The van der Waals surface area contributed by atoms with Crippen LogP contribution in [0.2, 0.25) is 0 Å². The molecule has 0 aliphatic carbocycles. The molecule has 0 aromatic carbocycles. The normalized spacial score (nSPS) is 20.9. The van der Waals surface area contributed by atoms with Crippen LogP contribution >= 0.6 is 11.3 Å². The van der Waals surface area contributed by atoms with E-state index in [1.54, 1.807) is 11.3 Å². The molecular weight excluding hydrogens is 272 g/mol. The van der Waals surface area contributed by atoms with E-state index in [2.05, 4.69) is 34.4 Å². The maximum absolute atomic E-state index is 11.9. The fourth-order valence-corrected chi connectivity index (χ4v) is 3.44. The SMILES string of the molecule is CCCNC(C)c1cnc(N2CCNC(=O)C2CC)s1. The molecule has 1 aliphatic rings. The molecule has 0 spiro atoms. The first-order valence-corrected chi connectivity index (χ1v) is 8.22. The molecule has 1 aromatic rings. The van der Waals surface area contributed by atoms with Crippen LogP contribution in [-0.4, -0.2) is 36.6 Å². The van der Waals surface area contributed by atoms with Gasteiger partial charge in [-0.2, -0.15) is 0 Å². The number of carbonyl (C=O) groups is 1. The van der Waals surface area contributed by atoms with E-state index in [9.17, 15) is 4.79 Å². The second kappa shape index (κ2) is 7.04. The molecule has 1 saturated heterocycles. The zero-order chi connectivity index (χ0) is 14.5. The summed E-state index contributed by atoms with van der Waals surface area (Å²) in [6, 6.07) is 0.238. The molecule has 0 saturated carbocycles. The van der Waals surface area contributed by atoms with Crippen LogP contribution in [0.1, 0.15) is 44.5 Å². The standard InChI is InChI=1S/C14H24N4OS/c1-4-6-15-10(3)12-9-17-14(20-12)18-8-7-16-13(19)11(18)5-2/h9-11,15H,4-8H2,1-3H3,(H,16,19). The minimum absolute atomic E-state index is 0.0818. The Hall–Kier alpha value is -1.14. The summed E-state index contributed by atoms with van der Waals surface area (Å²) in [5.41, 5.74) is 0. The molecule has 1 amide bonds. The Morgan fingerprint density at radius 3 is 3.10 bits per heavy atom. The van der Waals surface area contributed by atoms with E-state index in [1.807, 2.05) is 13.1 Å². The first-order valence-electron chi connectivity index (χ1n) is 7.40. The summed E-state index contributed by atoms with van der Waals surface area (Å²) in [5.74, 6) is 0.118. The number of rotatable bonds is 6. The van der Waals surface area contributed by atoms with Gasteiger partial charge in [0.2, 0.25) is 5.91 Å². The van der Waals surface area contributed by atoms with Gasteiger partial charge in [0.15, 0.2) is 5.13 Å². The summed E-state index contributed by atoms with van der Waals surface area (Å²) < 4.78 is 0. The second-order valence-electron chi connectivity index (χ2n) is 5.13. The van der Waals surface area contributed by atoms with Gasteiger partial charge in [0, 0.05) is 30.2 Å². The van der Waals surface area contributed by atoms with Crippen LogP contribution in [0.25, 0.3) is 0 Å². The van der Waals surface area contributed by atoms with Gasteiger partial charge in [-0.1, -0.05) is 13.8 Å². The molecular formula is C14H24N4OS. The molecule has 6 heteroatoms. The topological polar surface area (TPSA) is 57.3 Å². The Bertz CT molecular complexity index is 448. The van der Waals surface area contributed by atoms with Gasteiger partial charge in [-0.15, -0.1) is 11.3 Å². The van der Waals surface area contributed by atoms with E-state index >= 15 is 0 Å². The molecule has 0 bridgehead atoms. The largest absolute Gasteiger partial charge is 0.353 e. The van der Waals surface area contributed by atoms with E-state index < -0.39 is 0 Å². The Kier molecular flexibility index (Phi) is 5.37. The number of nitrogens with one attached hydrogen (secondary N) is 2. The second-order valence-corrected chi connectivity index (χ2v) is 6.17. The van der Waals surface area contributed by atoms with Gasteiger partial charge in [-0.25, -0.2) is 4.98 Å². The van der Waals surface area contributed by atoms with Gasteiger partial charge < -0.3 is 15.5 Å². The Morgan fingerprint density at radius 1 is 1.60 bits per heavy atom. The molecule has 5 nitrogen and oxygen atoms in total. The van der Waals surface area contributed by atoms with Gasteiger partial charge in [0.1, 0.15) is 6.04 Å². The van der Waals surface area contributed by atoms with Gasteiger partial charge >= 0.3 is 0 Å². The van der Waals surface area contributed by atoms with Gasteiger partial charge in [-0.05, 0) is 26.3 Å². The number of thiazole rings is 1. The number of piperazine rings is 1. The van der Waals surface area contributed by atoms with Crippen molar-refractivity contribution in [1.29, 1.82) is 0 Å². The highest BCUT2D eigenvalue weighted by Crippen LogP contribution is 2.29. The van der Waals surface area contributed by atoms with E-state index in [4.69, 9.17) is 0 Å². The monoisotopic (exact) mass is 296 g/mol. The van der Waals surface area contributed by atoms with Crippen LogP contribution in [0.15, 0.2) is 6.20 Å². The first kappa shape index (κ1) is 15.3. The number of anilines is 1. The molecule has 2 atom stereocenters. The summed E-state index contributed by atoms with van der Waals surface area (Å²) in [7, 11) is 0. The highest BCUT2D eigenvalue weighted by Gasteiger charge is 2.30. The van der Waals surface area contributed by atoms with Crippen molar-refractivity contribution >= 4 is 22.4 Å². The lowest BCUT2D eigenvalue weighted by molar-refractivity contribution is -0.123. The van der Waals surface area contributed by atoms with Crippen molar-refractivity contribution in [2.24, 2.45) is 0 Å². The molecule has 2 N–H and O–H groups in total. The fraction of sp³-hybridized carbons (Fsp3) is 0.714. The predicted octanol–water partition coefficient (Wildman–Crippen LogP) is 1.92. The minimum Gasteiger partial charge on any atom is -0.353 e. The molecule has 1 fully saturated rings. The number of nitrogens with zero attached hydrogens (tertiary/aromatic N) is 2. The van der Waals surface area contributed by atoms with E-state index in [0.717, 1.165) is 31.1 Å². The molecule has 1 aliphatic heterocycles. The van der Waals surface area contributed by atoms with Crippen LogP contribution in [0.5, 0.6) is 0 Å². The lowest BCUT2D eigenvalue weighted by atomic mass is 10.1. The van der Waals surface area contributed by atoms with E-state index in [0.29, 0.717) is 12.6 Å².